The number of carboxylic acid groups (broad SMARTS) is 1. The Morgan fingerprint density at radius 1 is 0.868 bits per heavy atom. The van der Waals surface area contributed by atoms with E-state index in [1.54, 1.807) is 13.8 Å². The summed E-state index contributed by atoms with van der Waals surface area (Å²) in [4.78, 5) is 44.9. The van der Waals surface area contributed by atoms with Crippen molar-refractivity contribution in [3.05, 3.63) is 46.9 Å². The monoisotopic (exact) mass is 558 g/mol. The molecule has 0 spiro atoms. The fraction of sp³-hybridized carbons (Fsp3) is 0.538. The summed E-state index contributed by atoms with van der Waals surface area (Å²) in [5, 5.41) is 9.68. The van der Waals surface area contributed by atoms with Crippen LogP contribution in [0.15, 0.2) is 46.9 Å². The lowest BCUT2D eigenvalue weighted by Crippen LogP contribution is -2.46. The first kappa shape index (κ1) is 37.1. The van der Waals surface area contributed by atoms with Crippen molar-refractivity contribution in [2.75, 3.05) is 35.0 Å². The first-order valence-electron chi connectivity index (χ1n) is 11.9. The van der Waals surface area contributed by atoms with Gasteiger partial charge in [0.1, 0.15) is 5.76 Å². The average Bonchev–Trinajstić information content (AvgIpc) is 2.91. The number of methoxy groups -OCH3 is 1. The molecule has 0 fully saturated rings. The van der Waals surface area contributed by atoms with Crippen molar-refractivity contribution < 1.29 is 51.8 Å². The van der Waals surface area contributed by atoms with Gasteiger partial charge in [0.2, 0.25) is 0 Å². The van der Waals surface area contributed by atoms with Gasteiger partial charge in [0, 0.05) is 50.2 Å². The maximum absolute atomic E-state index is 11.3. The molecule has 0 aromatic carbocycles. The van der Waals surface area contributed by atoms with Crippen molar-refractivity contribution >= 4 is 32.7 Å². The molecular weight excluding hydrogens is 516 g/mol. The molecule has 0 aliphatic heterocycles. The highest BCUT2D eigenvalue weighted by Crippen LogP contribution is 2.26. The van der Waals surface area contributed by atoms with E-state index < -0.39 is 32.7 Å². The third-order valence-corrected chi connectivity index (χ3v) is 8.14. The van der Waals surface area contributed by atoms with E-state index in [9.17, 15) is 24.3 Å². The van der Waals surface area contributed by atoms with Crippen molar-refractivity contribution in [1.82, 2.24) is 0 Å². The Kier molecular flexibility index (Phi) is 19.5. The van der Waals surface area contributed by atoms with Crippen LogP contribution in [0.3, 0.4) is 0 Å². The van der Waals surface area contributed by atoms with Crippen LogP contribution >= 0.6 is 0 Å². The zero-order chi connectivity index (χ0) is 29.9. The number of aliphatic carboxylic acids is 1. The molecule has 1 N–H and O–H groups in total. The third-order valence-electron chi connectivity index (χ3n) is 5.16. The number of allylic oxidation sites excluding steroid dienone is 2. The van der Waals surface area contributed by atoms with Gasteiger partial charge in [-0.05, 0) is 40.0 Å². The van der Waals surface area contributed by atoms with Crippen LogP contribution in [0.25, 0.3) is 0 Å². The molecule has 0 amide bonds. The summed E-state index contributed by atoms with van der Waals surface area (Å²) >= 11 is 0. The number of esters is 3. The second kappa shape index (κ2) is 20.0. The van der Waals surface area contributed by atoms with Gasteiger partial charge in [-0.2, -0.15) is 0 Å². The Balaban J connectivity index is 0. The molecule has 11 nitrogen and oxygen atoms in total. The van der Waals surface area contributed by atoms with Crippen LogP contribution in [0.5, 0.6) is 0 Å². The molecule has 12 heteroatoms. The number of unbranched alkanes of at least 4 members (excludes halogenated alkanes) is 1. The molecule has 216 valence electrons. The van der Waals surface area contributed by atoms with Crippen LogP contribution < -0.4 is 0 Å². The molecular formula is C26H42O11Si. The minimum atomic E-state index is -3.23. The minimum absolute atomic E-state index is 0.114. The number of ether oxygens (including phenoxy) is 3. The van der Waals surface area contributed by atoms with E-state index in [0.717, 1.165) is 18.9 Å². The van der Waals surface area contributed by atoms with E-state index in [4.69, 9.17) is 22.8 Å². The molecule has 0 aliphatic rings. The van der Waals surface area contributed by atoms with Crippen LogP contribution in [-0.2, 0) is 46.7 Å². The molecule has 0 unspecified atom stereocenters. The molecule has 0 bridgehead atoms. The van der Waals surface area contributed by atoms with Crippen molar-refractivity contribution in [2.45, 2.75) is 59.8 Å². The smallest absolute Gasteiger partial charge is 0.478 e. The van der Waals surface area contributed by atoms with Crippen molar-refractivity contribution in [2.24, 2.45) is 0 Å². The van der Waals surface area contributed by atoms with Gasteiger partial charge in [0.25, 0.3) is 0 Å². The summed E-state index contributed by atoms with van der Waals surface area (Å²) in [6, 6.07) is 0. The van der Waals surface area contributed by atoms with Crippen molar-refractivity contribution in [3.63, 3.8) is 0 Å². The number of hydrogen-bond acceptors (Lipinski definition) is 10. The standard InChI is InChI=1S/C14H24O7Si.C12H18O4/c1-10(2)14(17)21-9-7-8-12(11(3)13(15)16)22(18-4,19-5)20-6;1-5-7-8-10(16-11(13)6-2)9(3)12(14)15-4/h1,7-9H2,2-6H3,(H,15,16);6H,2,5,7-8H2,1,3-4H3. The lowest BCUT2D eigenvalue weighted by Gasteiger charge is -2.28. The zero-order valence-electron chi connectivity index (χ0n) is 23.8. The summed E-state index contributed by atoms with van der Waals surface area (Å²) in [5.74, 6) is -2.23. The number of carbonyl (C=O) groups is 4. The van der Waals surface area contributed by atoms with Gasteiger partial charge in [-0.25, -0.2) is 19.2 Å². The van der Waals surface area contributed by atoms with E-state index >= 15 is 0 Å². The van der Waals surface area contributed by atoms with E-state index in [-0.39, 0.29) is 12.2 Å². The second-order valence-corrected chi connectivity index (χ2v) is 10.8. The molecule has 0 aromatic heterocycles. The van der Waals surface area contributed by atoms with Gasteiger partial charge in [-0.3, -0.25) is 0 Å². The Morgan fingerprint density at radius 2 is 1.42 bits per heavy atom. The molecule has 0 atom stereocenters. The fourth-order valence-electron chi connectivity index (χ4n) is 2.94. The molecule has 0 saturated heterocycles. The first-order chi connectivity index (χ1) is 17.8. The quantitative estimate of drug-likeness (QED) is 0.0731. The van der Waals surface area contributed by atoms with Gasteiger partial charge < -0.3 is 32.6 Å². The highest BCUT2D eigenvalue weighted by Gasteiger charge is 2.44. The molecule has 0 rings (SSSR count). The largest absolute Gasteiger partial charge is 0.532 e. The number of carboxylic acids is 1. The van der Waals surface area contributed by atoms with Crippen LogP contribution in [-0.4, -0.2) is 72.8 Å². The maximum atomic E-state index is 11.3. The van der Waals surface area contributed by atoms with Crippen molar-refractivity contribution in [3.8, 4) is 0 Å². The first-order valence-corrected chi connectivity index (χ1v) is 13.6. The molecule has 0 aromatic rings. The van der Waals surface area contributed by atoms with Gasteiger partial charge in [-0.1, -0.05) is 26.5 Å². The minimum Gasteiger partial charge on any atom is -0.478 e. The zero-order valence-corrected chi connectivity index (χ0v) is 24.8. The average molecular weight is 559 g/mol. The molecule has 0 radical (unpaired) electrons. The number of carbonyl (C=O) groups excluding carboxylic acids is 3. The predicted molar refractivity (Wildman–Crippen MR) is 143 cm³/mol. The maximum Gasteiger partial charge on any atom is 0.532 e. The summed E-state index contributed by atoms with van der Waals surface area (Å²) in [6.07, 6.45) is 4.14. The summed E-state index contributed by atoms with van der Waals surface area (Å²) < 4.78 is 30.6. The van der Waals surface area contributed by atoms with E-state index in [1.165, 1.54) is 35.4 Å². The highest BCUT2D eigenvalue weighted by atomic mass is 28.4. The molecule has 0 heterocycles. The van der Waals surface area contributed by atoms with Gasteiger partial charge >= 0.3 is 32.7 Å². The molecule has 0 saturated carbocycles. The Labute approximate surface area is 226 Å². The summed E-state index contributed by atoms with van der Waals surface area (Å²) in [5.41, 5.74) is 0.751. The third kappa shape index (κ3) is 12.9. The Hall–Kier alpha value is -3.06. The normalized spacial score (nSPS) is 12.1. The van der Waals surface area contributed by atoms with Crippen molar-refractivity contribution in [1.29, 1.82) is 0 Å². The Bertz CT molecular complexity index is 891. The number of rotatable bonds is 16. The SMILES string of the molecule is C=C(C)C(=O)OCCCC(=C(C)C(=O)O)[Si](OC)(OC)OC.C=CC(=O)OC(CCCC)=C(C)C(=O)OC. The van der Waals surface area contributed by atoms with E-state index in [1.807, 2.05) is 6.92 Å². The van der Waals surface area contributed by atoms with E-state index in [0.29, 0.717) is 41.4 Å². The van der Waals surface area contributed by atoms with Gasteiger partial charge in [0.05, 0.1) is 19.3 Å². The van der Waals surface area contributed by atoms with Gasteiger partial charge in [-0.15, -0.1) is 0 Å². The van der Waals surface area contributed by atoms with Gasteiger partial charge in [0.15, 0.2) is 0 Å². The summed E-state index contributed by atoms with van der Waals surface area (Å²) in [6.45, 7) is 13.5. The number of hydrogen-bond donors (Lipinski definition) is 1. The van der Waals surface area contributed by atoms with Crippen LogP contribution in [0, 0.1) is 0 Å². The van der Waals surface area contributed by atoms with Crippen LogP contribution in [0.1, 0.15) is 59.8 Å². The van der Waals surface area contributed by atoms with E-state index in [2.05, 4.69) is 17.9 Å². The summed E-state index contributed by atoms with van der Waals surface area (Å²) in [7, 11) is 2.30. The lowest BCUT2D eigenvalue weighted by atomic mass is 10.1. The highest BCUT2D eigenvalue weighted by molar-refractivity contribution is 6.69. The lowest BCUT2D eigenvalue weighted by molar-refractivity contribution is -0.139. The molecule has 0 aliphatic carbocycles. The van der Waals surface area contributed by atoms with Crippen LogP contribution in [0.2, 0.25) is 0 Å². The molecule has 38 heavy (non-hydrogen) atoms. The Morgan fingerprint density at radius 3 is 1.82 bits per heavy atom. The topological polar surface area (TPSA) is 144 Å². The second-order valence-electron chi connectivity index (χ2n) is 7.87. The van der Waals surface area contributed by atoms with Crippen LogP contribution in [0.4, 0.5) is 0 Å². The predicted octanol–water partition coefficient (Wildman–Crippen LogP) is 4.06. The fourth-order valence-corrected chi connectivity index (χ4v) is 5.23.